The molecule has 12 heteroatoms. The number of carboxylic acid groups (broad SMARTS) is 2. The molecule has 1 heterocycles. The molecule has 0 aromatic heterocycles. The van der Waals surface area contributed by atoms with Crippen LogP contribution in [0.1, 0.15) is 65.2 Å². The molecule has 1 aliphatic rings. The summed E-state index contributed by atoms with van der Waals surface area (Å²) in [6.45, 7) is 4.75. The van der Waals surface area contributed by atoms with Crippen molar-refractivity contribution in [1.29, 1.82) is 0 Å². The molecule has 0 saturated carbocycles. The van der Waals surface area contributed by atoms with Gasteiger partial charge in [0.05, 0.1) is 6.04 Å². The molecule has 1 rings (SSSR count). The number of carboxylic acids is 2. The topological polar surface area (TPSA) is 200 Å². The lowest BCUT2D eigenvalue weighted by Gasteiger charge is -2.28. The molecule has 1 saturated heterocycles. The second-order valence-corrected chi connectivity index (χ2v) is 8.70. The summed E-state index contributed by atoms with van der Waals surface area (Å²) in [6, 6.07) is -3.79. The van der Waals surface area contributed by atoms with Crippen LogP contribution in [0.5, 0.6) is 0 Å². The zero-order valence-electron chi connectivity index (χ0n) is 20.0. The fourth-order valence-electron chi connectivity index (χ4n) is 3.68. The Morgan fingerprint density at radius 3 is 2.21 bits per heavy atom. The molecule has 1 aliphatic heterocycles. The van der Waals surface area contributed by atoms with Gasteiger partial charge in [0.15, 0.2) is 0 Å². The SMILES string of the molecule is CCC(C)C(NC(=O)C1CCCN1)C(=O)NC(CCC(=O)O)C(=O)NC(CCCCN)C(=O)O. The number of unbranched alkanes of at least 4 members (excludes halogenated alkanes) is 1. The van der Waals surface area contributed by atoms with Crippen molar-refractivity contribution < 1.29 is 34.2 Å². The summed E-state index contributed by atoms with van der Waals surface area (Å²) in [5.41, 5.74) is 5.43. The standard InChI is InChI=1S/C22H39N5O7/c1-3-13(2)18(27-19(30)14-8-6-12-24-14)21(32)25-15(9-10-17(28)29)20(31)26-16(22(33)34)7-4-5-11-23/h13-16,18,24H,3-12,23H2,1-2H3,(H,25,32)(H,26,31)(H,27,30)(H,28,29)(H,33,34). The summed E-state index contributed by atoms with van der Waals surface area (Å²) < 4.78 is 0. The fourth-order valence-corrected chi connectivity index (χ4v) is 3.68. The van der Waals surface area contributed by atoms with Gasteiger partial charge in [-0.25, -0.2) is 4.79 Å². The first-order chi connectivity index (χ1) is 16.1. The molecule has 0 radical (unpaired) electrons. The second-order valence-electron chi connectivity index (χ2n) is 8.70. The Bertz CT molecular complexity index is 712. The van der Waals surface area contributed by atoms with Gasteiger partial charge >= 0.3 is 11.9 Å². The van der Waals surface area contributed by atoms with Crippen LogP contribution in [-0.2, 0) is 24.0 Å². The smallest absolute Gasteiger partial charge is 0.326 e. The predicted molar refractivity (Wildman–Crippen MR) is 124 cm³/mol. The van der Waals surface area contributed by atoms with Crippen LogP contribution in [0.15, 0.2) is 0 Å². The molecule has 0 bridgehead atoms. The zero-order valence-corrected chi connectivity index (χ0v) is 20.0. The number of carbonyl (C=O) groups is 5. The van der Waals surface area contributed by atoms with Gasteiger partial charge in [0, 0.05) is 6.42 Å². The van der Waals surface area contributed by atoms with Crippen molar-refractivity contribution in [1.82, 2.24) is 21.3 Å². The van der Waals surface area contributed by atoms with Gasteiger partial charge in [0.25, 0.3) is 0 Å². The van der Waals surface area contributed by atoms with Crippen LogP contribution in [0.4, 0.5) is 0 Å². The molecular formula is C22H39N5O7. The molecule has 3 amide bonds. The van der Waals surface area contributed by atoms with E-state index in [1.54, 1.807) is 6.92 Å². The van der Waals surface area contributed by atoms with Gasteiger partial charge in [-0.3, -0.25) is 19.2 Å². The summed E-state index contributed by atoms with van der Waals surface area (Å²) >= 11 is 0. The van der Waals surface area contributed by atoms with Crippen LogP contribution in [-0.4, -0.2) is 77.1 Å². The quantitative estimate of drug-likeness (QED) is 0.138. The Hall–Kier alpha value is -2.73. The van der Waals surface area contributed by atoms with E-state index in [0.717, 1.165) is 6.42 Å². The van der Waals surface area contributed by atoms with E-state index in [1.165, 1.54) is 0 Å². The van der Waals surface area contributed by atoms with E-state index in [9.17, 15) is 29.1 Å². The number of aliphatic carboxylic acids is 2. The van der Waals surface area contributed by atoms with Crippen molar-refractivity contribution in [3.8, 4) is 0 Å². The largest absolute Gasteiger partial charge is 0.481 e. The third-order valence-corrected chi connectivity index (χ3v) is 6.01. The van der Waals surface area contributed by atoms with E-state index in [0.29, 0.717) is 38.8 Å². The van der Waals surface area contributed by atoms with Crippen LogP contribution in [0.3, 0.4) is 0 Å². The summed E-state index contributed by atoms with van der Waals surface area (Å²) in [4.78, 5) is 61.1. The van der Waals surface area contributed by atoms with Crippen LogP contribution in [0.25, 0.3) is 0 Å². The summed E-state index contributed by atoms with van der Waals surface area (Å²) in [6.07, 6.45) is 2.67. The van der Waals surface area contributed by atoms with Crippen molar-refractivity contribution >= 4 is 29.7 Å². The van der Waals surface area contributed by atoms with E-state index < -0.39 is 54.3 Å². The minimum atomic E-state index is -1.27. The maximum atomic E-state index is 13.1. The van der Waals surface area contributed by atoms with Gasteiger partial charge in [-0.1, -0.05) is 20.3 Å². The molecule has 12 nitrogen and oxygen atoms in total. The summed E-state index contributed by atoms with van der Waals surface area (Å²) in [7, 11) is 0. The number of rotatable bonds is 16. The second kappa shape index (κ2) is 15.2. The minimum Gasteiger partial charge on any atom is -0.481 e. The highest BCUT2D eigenvalue weighted by Crippen LogP contribution is 2.12. The van der Waals surface area contributed by atoms with Crippen LogP contribution < -0.4 is 27.0 Å². The molecule has 0 aromatic rings. The maximum Gasteiger partial charge on any atom is 0.326 e. The van der Waals surface area contributed by atoms with Crippen LogP contribution in [0.2, 0.25) is 0 Å². The molecule has 5 atom stereocenters. The highest BCUT2D eigenvalue weighted by Gasteiger charge is 2.33. The Kier molecular flexibility index (Phi) is 13.1. The van der Waals surface area contributed by atoms with Gasteiger partial charge in [-0.2, -0.15) is 0 Å². The molecule has 34 heavy (non-hydrogen) atoms. The van der Waals surface area contributed by atoms with Crippen molar-refractivity contribution in [3.05, 3.63) is 0 Å². The van der Waals surface area contributed by atoms with Gasteiger partial charge in [-0.15, -0.1) is 0 Å². The van der Waals surface area contributed by atoms with Crippen LogP contribution in [0, 0.1) is 5.92 Å². The Morgan fingerprint density at radius 2 is 1.68 bits per heavy atom. The van der Waals surface area contributed by atoms with E-state index in [-0.39, 0.29) is 24.7 Å². The lowest BCUT2D eigenvalue weighted by Crippen LogP contribution is -2.58. The van der Waals surface area contributed by atoms with Crippen molar-refractivity contribution in [3.63, 3.8) is 0 Å². The normalized spacial score (nSPS) is 18.9. The molecule has 194 valence electrons. The highest BCUT2D eigenvalue weighted by molar-refractivity contribution is 5.94. The number of hydrogen-bond acceptors (Lipinski definition) is 7. The van der Waals surface area contributed by atoms with Crippen molar-refractivity contribution in [2.24, 2.45) is 11.7 Å². The number of nitrogens with one attached hydrogen (secondary N) is 4. The third-order valence-electron chi connectivity index (χ3n) is 6.01. The van der Waals surface area contributed by atoms with Gasteiger partial charge in [0.2, 0.25) is 17.7 Å². The number of hydrogen-bond donors (Lipinski definition) is 7. The van der Waals surface area contributed by atoms with Crippen LogP contribution >= 0.6 is 0 Å². The first kappa shape index (κ1) is 29.3. The monoisotopic (exact) mass is 485 g/mol. The summed E-state index contributed by atoms with van der Waals surface area (Å²) in [5, 5.41) is 29.2. The van der Waals surface area contributed by atoms with Crippen molar-refractivity contribution in [2.45, 2.75) is 89.4 Å². The maximum absolute atomic E-state index is 13.1. The number of nitrogens with two attached hydrogens (primary N) is 1. The van der Waals surface area contributed by atoms with E-state index in [4.69, 9.17) is 10.8 Å². The number of amides is 3. The molecule has 0 aromatic carbocycles. The van der Waals surface area contributed by atoms with Gasteiger partial charge in [0.1, 0.15) is 18.1 Å². The Labute approximate surface area is 199 Å². The Morgan fingerprint density at radius 1 is 1.00 bits per heavy atom. The highest BCUT2D eigenvalue weighted by atomic mass is 16.4. The molecule has 0 aliphatic carbocycles. The van der Waals surface area contributed by atoms with E-state index >= 15 is 0 Å². The lowest BCUT2D eigenvalue weighted by atomic mass is 9.97. The predicted octanol–water partition coefficient (Wildman–Crippen LogP) is -0.683. The van der Waals surface area contributed by atoms with Gasteiger partial charge in [-0.05, 0) is 57.5 Å². The van der Waals surface area contributed by atoms with Gasteiger partial charge < -0.3 is 37.2 Å². The lowest BCUT2D eigenvalue weighted by molar-refractivity contribution is -0.143. The molecule has 1 fully saturated rings. The first-order valence-electron chi connectivity index (χ1n) is 11.9. The minimum absolute atomic E-state index is 0.151. The fraction of sp³-hybridized carbons (Fsp3) is 0.773. The molecule has 5 unspecified atom stereocenters. The molecule has 0 spiro atoms. The first-order valence-corrected chi connectivity index (χ1v) is 11.9. The van der Waals surface area contributed by atoms with E-state index in [2.05, 4.69) is 21.3 Å². The molecular weight excluding hydrogens is 446 g/mol. The average Bonchev–Trinajstić information content (AvgIpc) is 3.33. The third kappa shape index (κ3) is 10.0. The summed E-state index contributed by atoms with van der Waals surface area (Å²) in [5.74, 6) is -4.37. The average molecular weight is 486 g/mol. The molecule has 8 N–H and O–H groups in total. The van der Waals surface area contributed by atoms with E-state index in [1.807, 2.05) is 6.92 Å². The van der Waals surface area contributed by atoms with Crippen molar-refractivity contribution in [2.75, 3.05) is 13.1 Å². The Balaban J connectivity index is 2.94. The zero-order chi connectivity index (χ0) is 25.7. The number of carbonyl (C=O) groups excluding carboxylic acids is 3.